The second-order valence-electron chi connectivity index (χ2n) is 4.34. The van der Waals surface area contributed by atoms with Gasteiger partial charge in [0.2, 0.25) is 0 Å². The van der Waals surface area contributed by atoms with Crippen LogP contribution in [-0.2, 0) is 4.79 Å². The molecule has 0 aliphatic rings. The molecule has 1 amide bonds. The zero-order valence-electron chi connectivity index (χ0n) is 11.2. The Bertz CT molecular complexity index is 797. The van der Waals surface area contributed by atoms with Crippen LogP contribution in [-0.4, -0.2) is 11.0 Å². The van der Waals surface area contributed by atoms with Gasteiger partial charge in [-0.2, -0.15) is 5.26 Å². The summed E-state index contributed by atoms with van der Waals surface area (Å²) in [4.78, 5) is 12.2. The molecule has 0 unspecified atom stereocenters. The van der Waals surface area contributed by atoms with Gasteiger partial charge in [0, 0.05) is 19.3 Å². The van der Waals surface area contributed by atoms with Gasteiger partial charge in [-0.3, -0.25) is 4.79 Å². The molecule has 4 nitrogen and oxygen atoms in total. The van der Waals surface area contributed by atoms with Gasteiger partial charge in [-0.15, -0.1) is 0 Å². The van der Waals surface area contributed by atoms with Crippen LogP contribution in [0.4, 0.5) is 5.69 Å². The van der Waals surface area contributed by atoms with Crippen LogP contribution in [0.2, 0.25) is 0 Å². The number of halogens is 2. The fourth-order valence-electron chi connectivity index (χ4n) is 1.71. The van der Waals surface area contributed by atoms with Crippen LogP contribution < -0.4 is 5.32 Å². The van der Waals surface area contributed by atoms with E-state index in [1.807, 2.05) is 18.2 Å². The molecule has 2 N–H and O–H groups in total. The van der Waals surface area contributed by atoms with Crippen molar-refractivity contribution in [3.05, 3.63) is 61.6 Å². The molecular formula is C16H10BrIN2O2. The van der Waals surface area contributed by atoms with Crippen LogP contribution in [0.5, 0.6) is 5.75 Å². The van der Waals surface area contributed by atoms with Crippen molar-refractivity contribution in [1.82, 2.24) is 0 Å². The van der Waals surface area contributed by atoms with Crippen molar-refractivity contribution in [3.63, 3.8) is 0 Å². The Morgan fingerprint density at radius 3 is 2.77 bits per heavy atom. The topological polar surface area (TPSA) is 73.1 Å². The standard InChI is InChI=1S/C16H10BrIN2O2/c17-12-4-5-15(21)10(7-12)6-11(9-19)16(22)20-14-3-1-2-13(18)8-14/h1-8,21H,(H,20,22)/b11-6+. The average Bonchev–Trinajstić information content (AvgIpc) is 2.48. The van der Waals surface area contributed by atoms with Gasteiger partial charge in [-0.1, -0.05) is 22.0 Å². The van der Waals surface area contributed by atoms with Crippen LogP contribution in [0.3, 0.4) is 0 Å². The lowest BCUT2D eigenvalue weighted by molar-refractivity contribution is -0.112. The van der Waals surface area contributed by atoms with Gasteiger partial charge in [0.1, 0.15) is 17.4 Å². The normalized spacial score (nSPS) is 10.9. The highest BCUT2D eigenvalue weighted by atomic mass is 127. The smallest absolute Gasteiger partial charge is 0.266 e. The van der Waals surface area contributed by atoms with E-state index in [2.05, 4.69) is 43.8 Å². The lowest BCUT2D eigenvalue weighted by atomic mass is 10.1. The number of carbonyl (C=O) groups is 1. The maximum absolute atomic E-state index is 12.2. The largest absolute Gasteiger partial charge is 0.507 e. The molecule has 0 heterocycles. The number of hydrogen-bond donors (Lipinski definition) is 2. The van der Waals surface area contributed by atoms with Crippen molar-refractivity contribution in [2.45, 2.75) is 0 Å². The van der Waals surface area contributed by atoms with Crippen molar-refractivity contribution in [2.75, 3.05) is 5.32 Å². The molecule has 0 aliphatic carbocycles. The SMILES string of the molecule is N#C/C(=C\c1cc(Br)ccc1O)C(=O)Nc1cccc(I)c1. The minimum Gasteiger partial charge on any atom is -0.507 e. The number of amides is 1. The summed E-state index contributed by atoms with van der Waals surface area (Å²) in [6, 6.07) is 13.9. The van der Waals surface area contributed by atoms with Crippen molar-refractivity contribution >= 4 is 56.2 Å². The summed E-state index contributed by atoms with van der Waals surface area (Å²) in [5.41, 5.74) is 0.910. The molecule has 0 saturated carbocycles. The van der Waals surface area contributed by atoms with E-state index in [9.17, 15) is 15.2 Å². The van der Waals surface area contributed by atoms with Crippen molar-refractivity contribution in [2.24, 2.45) is 0 Å². The Morgan fingerprint density at radius 1 is 1.32 bits per heavy atom. The average molecular weight is 469 g/mol. The van der Waals surface area contributed by atoms with Crippen molar-refractivity contribution in [1.29, 1.82) is 5.26 Å². The molecule has 0 spiro atoms. The molecule has 0 aliphatic heterocycles. The number of phenols is 1. The first-order chi connectivity index (χ1) is 10.5. The van der Waals surface area contributed by atoms with Gasteiger partial charge in [0.25, 0.3) is 5.91 Å². The molecule has 22 heavy (non-hydrogen) atoms. The summed E-state index contributed by atoms with van der Waals surface area (Å²) in [5, 5.41) is 21.6. The second-order valence-corrected chi connectivity index (χ2v) is 6.50. The molecule has 0 aromatic heterocycles. The van der Waals surface area contributed by atoms with E-state index in [4.69, 9.17) is 0 Å². The Morgan fingerprint density at radius 2 is 2.09 bits per heavy atom. The highest BCUT2D eigenvalue weighted by molar-refractivity contribution is 14.1. The molecule has 110 valence electrons. The van der Waals surface area contributed by atoms with Crippen molar-refractivity contribution < 1.29 is 9.90 Å². The summed E-state index contributed by atoms with van der Waals surface area (Å²) in [6.07, 6.45) is 1.35. The van der Waals surface area contributed by atoms with E-state index in [0.717, 1.165) is 8.04 Å². The third-order valence-electron chi connectivity index (χ3n) is 2.74. The maximum Gasteiger partial charge on any atom is 0.266 e. The fraction of sp³-hybridized carbons (Fsp3) is 0. The Kier molecular flexibility index (Phi) is 5.57. The molecule has 2 aromatic rings. The van der Waals surface area contributed by atoms with Gasteiger partial charge >= 0.3 is 0 Å². The molecule has 0 radical (unpaired) electrons. The summed E-state index contributed by atoms with van der Waals surface area (Å²) < 4.78 is 1.72. The highest BCUT2D eigenvalue weighted by Gasteiger charge is 2.11. The second kappa shape index (κ2) is 7.42. The highest BCUT2D eigenvalue weighted by Crippen LogP contribution is 2.24. The number of carbonyl (C=O) groups excluding carboxylic acids is 1. The van der Waals surface area contributed by atoms with E-state index in [1.165, 1.54) is 12.1 Å². The lowest BCUT2D eigenvalue weighted by Crippen LogP contribution is -2.13. The molecule has 0 atom stereocenters. The summed E-state index contributed by atoms with van der Waals surface area (Å²) in [6.45, 7) is 0. The number of nitriles is 1. The first-order valence-electron chi connectivity index (χ1n) is 6.17. The third kappa shape index (κ3) is 4.32. The number of aromatic hydroxyl groups is 1. The number of phenolic OH excluding ortho intramolecular Hbond substituents is 1. The van der Waals surface area contributed by atoms with Gasteiger partial charge in [-0.25, -0.2) is 0 Å². The van der Waals surface area contributed by atoms with Crippen LogP contribution in [0.25, 0.3) is 6.08 Å². The number of benzene rings is 2. The van der Waals surface area contributed by atoms with Gasteiger partial charge in [0.05, 0.1) is 0 Å². The summed E-state index contributed by atoms with van der Waals surface area (Å²) in [5.74, 6) is -0.526. The minimum absolute atomic E-state index is 0.00184. The predicted molar refractivity (Wildman–Crippen MR) is 97.2 cm³/mol. The molecule has 2 rings (SSSR count). The Balaban J connectivity index is 2.28. The van der Waals surface area contributed by atoms with Gasteiger partial charge in [-0.05, 0) is 65.1 Å². The fourth-order valence-corrected chi connectivity index (χ4v) is 2.63. The lowest BCUT2D eigenvalue weighted by Gasteiger charge is -2.05. The van der Waals surface area contributed by atoms with Gasteiger partial charge in [0.15, 0.2) is 0 Å². The first kappa shape index (κ1) is 16.5. The molecule has 0 fully saturated rings. The molecule has 2 aromatic carbocycles. The molecule has 0 bridgehead atoms. The van der Waals surface area contributed by atoms with E-state index < -0.39 is 5.91 Å². The summed E-state index contributed by atoms with van der Waals surface area (Å²) >= 11 is 5.42. The number of nitrogens with zero attached hydrogens (tertiary/aromatic N) is 1. The zero-order valence-corrected chi connectivity index (χ0v) is 14.9. The number of nitrogens with one attached hydrogen (secondary N) is 1. The monoisotopic (exact) mass is 468 g/mol. The van der Waals surface area contributed by atoms with Crippen molar-refractivity contribution in [3.8, 4) is 11.8 Å². The molecular weight excluding hydrogens is 459 g/mol. The Hall–Kier alpha value is -1.85. The zero-order chi connectivity index (χ0) is 16.1. The maximum atomic E-state index is 12.2. The summed E-state index contributed by atoms with van der Waals surface area (Å²) in [7, 11) is 0. The van der Waals surface area contributed by atoms with Crippen LogP contribution in [0.15, 0.2) is 52.5 Å². The van der Waals surface area contributed by atoms with Crippen LogP contribution in [0.1, 0.15) is 5.56 Å². The third-order valence-corrected chi connectivity index (χ3v) is 3.90. The van der Waals surface area contributed by atoms with E-state index in [0.29, 0.717) is 11.3 Å². The predicted octanol–water partition coefficient (Wildman–Crippen LogP) is 4.30. The number of anilines is 1. The van der Waals surface area contributed by atoms with Crippen LogP contribution in [0, 0.1) is 14.9 Å². The minimum atomic E-state index is -0.524. The van der Waals surface area contributed by atoms with Gasteiger partial charge < -0.3 is 10.4 Å². The van der Waals surface area contributed by atoms with E-state index >= 15 is 0 Å². The molecule has 6 heteroatoms. The first-order valence-corrected chi connectivity index (χ1v) is 8.04. The van der Waals surface area contributed by atoms with Crippen LogP contribution >= 0.6 is 38.5 Å². The Labute approximate surface area is 149 Å². The number of rotatable bonds is 3. The quantitative estimate of drug-likeness (QED) is 0.400. The number of hydrogen-bond acceptors (Lipinski definition) is 3. The van der Waals surface area contributed by atoms with E-state index in [-0.39, 0.29) is 11.3 Å². The van der Waals surface area contributed by atoms with E-state index in [1.54, 1.807) is 24.3 Å². The molecule has 0 saturated heterocycles.